The van der Waals surface area contributed by atoms with Crippen molar-refractivity contribution >= 4 is 37.6 Å². The van der Waals surface area contributed by atoms with Crippen molar-refractivity contribution in [3.63, 3.8) is 0 Å². The number of hydrogen-bond acceptors (Lipinski definition) is 4. The van der Waals surface area contributed by atoms with Crippen LogP contribution in [-0.2, 0) is 10.0 Å². The van der Waals surface area contributed by atoms with Crippen LogP contribution in [-0.4, -0.2) is 36.9 Å². The number of aromatic nitrogens is 1. The van der Waals surface area contributed by atoms with Crippen LogP contribution in [0.2, 0.25) is 5.02 Å². The highest BCUT2D eigenvalue weighted by Gasteiger charge is 2.38. The van der Waals surface area contributed by atoms with Crippen molar-refractivity contribution in [2.45, 2.75) is 11.0 Å². The normalized spacial score (nSPS) is 16.3. The van der Waals surface area contributed by atoms with Gasteiger partial charge >= 0.3 is 0 Å². The van der Waals surface area contributed by atoms with Crippen LogP contribution in [0.3, 0.4) is 0 Å². The Hall–Kier alpha value is -1.15. The highest BCUT2D eigenvalue weighted by Crippen LogP contribution is 2.27. The van der Waals surface area contributed by atoms with E-state index in [9.17, 15) is 8.42 Å². The fourth-order valence-electron chi connectivity index (χ4n) is 2.04. The van der Waals surface area contributed by atoms with E-state index in [0.717, 1.165) is 4.47 Å². The number of sulfonamides is 1. The van der Waals surface area contributed by atoms with Gasteiger partial charge in [0.15, 0.2) is 0 Å². The molecular weight excluding hydrogens is 392 g/mol. The molecule has 0 atom stereocenters. The minimum absolute atomic E-state index is 0.201. The molecule has 0 radical (unpaired) electrons. The second kappa shape index (κ2) is 6.16. The Kier molecular flexibility index (Phi) is 4.40. The van der Waals surface area contributed by atoms with E-state index < -0.39 is 10.0 Å². The standard InChI is InChI=1S/C14H12BrClN2O3S/c15-13-2-1-7-17-14(13)21-11-8-18(9-11)22(19,20)12-5-3-10(16)4-6-12/h1-7,11H,8-9H2. The molecule has 5 nitrogen and oxygen atoms in total. The molecule has 1 saturated heterocycles. The lowest BCUT2D eigenvalue weighted by molar-refractivity contribution is 0.0713. The molecule has 3 rings (SSSR count). The van der Waals surface area contributed by atoms with Crippen molar-refractivity contribution in [3.05, 3.63) is 52.1 Å². The third kappa shape index (κ3) is 3.12. The lowest BCUT2D eigenvalue weighted by Gasteiger charge is -2.37. The summed E-state index contributed by atoms with van der Waals surface area (Å²) in [6, 6.07) is 9.74. The number of rotatable bonds is 4. The Balaban J connectivity index is 1.65. The molecule has 22 heavy (non-hydrogen) atoms. The van der Waals surface area contributed by atoms with Crippen LogP contribution in [0.1, 0.15) is 0 Å². The van der Waals surface area contributed by atoms with Gasteiger partial charge in [0.1, 0.15) is 6.10 Å². The Morgan fingerprint density at radius 3 is 2.55 bits per heavy atom. The van der Waals surface area contributed by atoms with Gasteiger partial charge in [-0.1, -0.05) is 11.6 Å². The first kappa shape index (κ1) is 15.7. The number of halogens is 2. The van der Waals surface area contributed by atoms with Crippen molar-refractivity contribution < 1.29 is 13.2 Å². The molecule has 116 valence electrons. The van der Waals surface area contributed by atoms with Gasteiger partial charge in [-0.05, 0) is 52.3 Å². The van der Waals surface area contributed by atoms with Gasteiger partial charge in [0, 0.05) is 11.2 Å². The molecule has 1 aliphatic heterocycles. The molecule has 0 spiro atoms. The minimum atomic E-state index is -3.49. The summed E-state index contributed by atoms with van der Waals surface area (Å²) >= 11 is 9.12. The van der Waals surface area contributed by atoms with Gasteiger partial charge < -0.3 is 4.74 Å². The van der Waals surface area contributed by atoms with Gasteiger partial charge in [0.05, 0.1) is 22.5 Å². The van der Waals surface area contributed by atoms with Crippen LogP contribution in [0.4, 0.5) is 0 Å². The minimum Gasteiger partial charge on any atom is -0.471 e. The summed E-state index contributed by atoms with van der Waals surface area (Å²) in [5.74, 6) is 0.469. The Bertz CT molecular complexity index is 777. The zero-order chi connectivity index (χ0) is 15.7. The summed E-state index contributed by atoms with van der Waals surface area (Å²) in [4.78, 5) is 4.33. The van der Waals surface area contributed by atoms with E-state index in [1.807, 2.05) is 6.07 Å². The maximum absolute atomic E-state index is 12.4. The lowest BCUT2D eigenvalue weighted by atomic mass is 10.2. The van der Waals surface area contributed by atoms with Crippen molar-refractivity contribution in [1.29, 1.82) is 0 Å². The van der Waals surface area contributed by atoms with Crippen molar-refractivity contribution in [1.82, 2.24) is 9.29 Å². The molecule has 0 saturated carbocycles. The monoisotopic (exact) mass is 402 g/mol. The van der Waals surface area contributed by atoms with Gasteiger partial charge in [-0.15, -0.1) is 0 Å². The van der Waals surface area contributed by atoms with Gasteiger partial charge in [0.2, 0.25) is 15.9 Å². The molecule has 0 unspecified atom stereocenters. The molecular formula is C14H12BrClN2O3S. The number of nitrogens with zero attached hydrogens (tertiary/aromatic N) is 2. The molecule has 0 aliphatic carbocycles. The van der Waals surface area contributed by atoms with E-state index in [0.29, 0.717) is 24.0 Å². The van der Waals surface area contributed by atoms with Gasteiger partial charge in [-0.3, -0.25) is 0 Å². The van der Waals surface area contributed by atoms with E-state index in [1.54, 1.807) is 24.4 Å². The summed E-state index contributed by atoms with van der Waals surface area (Å²) in [7, 11) is -3.49. The van der Waals surface area contributed by atoms with Crippen molar-refractivity contribution in [2.24, 2.45) is 0 Å². The summed E-state index contributed by atoms with van der Waals surface area (Å²) in [6.07, 6.45) is 1.43. The molecule has 1 aliphatic rings. The van der Waals surface area contributed by atoms with Crippen LogP contribution in [0.25, 0.3) is 0 Å². The highest BCUT2D eigenvalue weighted by atomic mass is 79.9. The fourth-order valence-corrected chi connectivity index (χ4v) is 4.02. The van der Waals surface area contributed by atoms with Crippen LogP contribution in [0, 0.1) is 0 Å². The number of ether oxygens (including phenoxy) is 1. The van der Waals surface area contributed by atoms with E-state index in [2.05, 4.69) is 20.9 Å². The predicted molar refractivity (Wildman–Crippen MR) is 86.6 cm³/mol. The van der Waals surface area contributed by atoms with Crippen molar-refractivity contribution in [2.75, 3.05) is 13.1 Å². The Labute approximate surface area is 142 Å². The maximum atomic E-state index is 12.4. The smallest absolute Gasteiger partial charge is 0.243 e. The Morgan fingerprint density at radius 1 is 1.23 bits per heavy atom. The molecule has 8 heteroatoms. The molecule has 0 N–H and O–H groups in total. The van der Waals surface area contributed by atoms with E-state index >= 15 is 0 Å². The molecule has 1 aromatic carbocycles. The maximum Gasteiger partial charge on any atom is 0.243 e. The second-order valence-corrected chi connectivity index (χ2v) is 8.03. The third-order valence-corrected chi connectivity index (χ3v) is 5.97. The fraction of sp³-hybridized carbons (Fsp3) is 0.214. The first-order valence-corrected chi connectivity index (χ1v) is 9.11. The molecule has 0 bridgehead atoms. The largest absolute Gasteiger partial charge is 0.471 e. The quantitative estimate of drug-likeness (QED) is 0.787. The topological polar surface area (TPSA) is 59.5 Å². The predicted octanol–water partition coefficient (Wildman–Crippen LogP) is 2.95. The van der Waals surface area contributed by atoms with Crippen LogP contribution in [0.5, 0.6) is 5.88 Å². The number of hydrogen-bond donors (Lipinski definition) is 0. The SMILES string of the molecule is O=S(=O)(c1ccc(Cl)cc1)N1CC(Oc2ncccc2Br)C1. The molecule has 1 aromatic heterocycles. The molecule has 1 fully saturated rings. The number of pyridine rings is 1. The average molecular weight is 404 g/mol. The average Bonchev–Trinajstić information content (AvgIpc) is 2.44. The highest BCUT2D eigenvalue weighted by molar-refractivity contribution is 9.10. The van der Waals surface area contributed by atoms with E-state index in [-0.39, 0.29) is 11.0 Å². The van der Waals surface area contributed by atoms with Crippen molar-refractivity contribution in [3.8, 4) is 5.88 Å². The first-order chi connectivity index (χ1) is 10.5. The summed E-state index contributed by atoms with van der Waals surface area (Å²) in [5, 5.41) is 0.503. The summed E-state index contributed by atoms with van der Waals surface area (Å²) in [5.41, 5.74) is 0. The molecule has 2 heterocycles. The zero-order valence-electron chi connectivity index (χ0n) is 11.3. The molecule has 0 amide bonds. The van der Waals surface area contributed by atoms with E-state index in [4.69, 9.17) is 16.3 Å². The van der Waals surface area contributed by atoms with Crippen LogP contribution in [0.15, 0.2) is 52.0 Å². The first-order valence-electron chi connectivity index (χ1n) is 6.50. The van der Waals surface area contributed by atoms with Crippen LogP contribution >= 0.6 is 27.5 Å². The van der Waals surface area contributed by atoms with Gasteiger partial charge in [-0.2, -0.15) is 4.31 Å². The Morgan fingerprint density at radius 2 is 1.91 bits per heavy atom. The molecule has 2 aromatic rings. The van der Waals surface area contributed by atoms with E-state index in [1.165, 1.54) is 16.4 Å². The summed E-state index contributed by atoms with van der Waals surface area (Å²) < 4.78 is 32.6. The van der Waals surface area contributed by atoms with Gasteiger partial charge in [0.25, 0.3) is 0 Å². The zero-order valence-corrected chi connectivity index (χ0v) is 14.5. The summed E-state index contributed by atoms with van der Waals surface area (Å²) in [6.45, 7) is 0.599. The van der Waals surface area contributed by atoms with Crippen LogP contribution < -0.4 is 4.74 Å². The van der Waals surface area contributed by atoms with Gasteiger partial charge in [-0.25, -0.2) is 13.4 Å². The number of benzene rings is 1. The lowest BCUT2D eigenvalue weighted by Crippen LogP contribution is -2.56. The second-order valence-electron chi connectivity index (χ2n) is 4.81. The third-order valence-electron chi connectivity index (χ3n) is 3.27.